The normalized spacial score (nSPS) is 18.0. The molecule has 0 N–H and O–H groups in total. The van der Waals surface area contributed by atoms with E-state index in [2.05, 4.69) is 16.0 Å². The van der Waals surface area contributed by atoms with E-state index in [1.807, 2.05) is 36.5 Å². The van der Waals surface area contributed by atoms with E-state index in [9.17, 15) is 4.79 Å². The highest BCUT2D eigenvalue weighted by molar-refractivity contribution is 7.13. The highest BCUT2D eigenvalue weighted by Gasteiger charge is 2.30. The summed E-state index contributed by atoms with van der Waals surface area (Å²) in [5.74, 6) is 0.353. The second kappa shape index (κ2) is 6.22. The van der Waals surface area contributed by atoms with Crippen molar-refractivity contribution < 1.29 is 4.79 Å². The summed E-state index contributed by atoms with van der Waals surface area (Å²) >= 11 is 1.49. The predicted molar refractivity (Wildman–Crippen MR) is 98.0 cm³/mol. The first-order valence-corrected chi connectivity index (χ1v) is 9.37. The van der Waals surface area contributed by atoms with Crippen LogP contribution >= 0.6 is 11.3 Å². The van der Waals surface area contributed by atoms with Crippen LogP contribution in [0, 0.1) is 13.8 Å². The molecule has 1 aliphatic heterocycles. The number of rotatable bonds is 2. The largest absolute Gasteiger partial charge is 0.337 e. The van der Waals surface area contributed by atoms with Crippen LogP contribution in [0.5, 0.6) is 0 Å². The van der Waals surface area contributed by atoms with Crippen molar-refractivity contribution in [1.29, 1.82) is 0 Å². The number of thiazole rings is 1. The van der Waals surface area contributed by atoms with Crippen LogP contribution in [0.4, 0.5) is 0 Å². The van der Waals surface area contributed by atoms with Crippen LogP contribution in [0.3, 0.4) is 0 Å². The van der Waals surface area contributed by atoms with Gasteiger partial charge in [-0.05, 0) is 38.8 Å². The summed E-state index contributed by atoms with van der Waals surface area (Å²) in [6, 6.07) is 4.02. The van der Waals surface area contributed by atoms with E-state index >= 15 is 0 Å². The third kappa shape index (κ3) is 2.82. The molecule has 0 radical (unpaired) electrons. The van der Waals surface area contributed by atoms with Crippen LogP contribution in [0.1, 0.15) is 44.8 Å². The summed E-state index contributed by atoms with van der Waals surface area (Å²) in [4.78, 5) is 24.5. The minimum atomic E-state index is 0.103. The molecule has 4 rings (SSSR count). The van der Waals surface area contributed by atoms with Gasteiger partial charge in [0.2, 0.25) is 0 Å². The Kier molecular flexibility index (Phi) is 4.03. The van der Waals surface area contributed by atoms with E-state index < -0.39 is 0 Å². The van der Waals surface area contributed by atoms with Gasteiger partial charge in [0.15, 0.2) is 5.65 Å². The third-order valence-electron chi connectivity index (χ3n) is 4.82. The van der Waals surface area contributed by atoms with E-state index in [1.165, 1.54) is 11.3 Å². The average molecular weight is 355 g/mol. The van der Waals surface area contributed by atoms with Crippen LogP contribution < -0.4 is 0 Å². The second-order valence-electron chi connectivity index (χ2n) is 6.62. The Morgan fingerprint density at radius 2 is 2.20 bits per heavy atom. The van der Waals surface area contributed by atoms with Crippen molar-refractivity contribution in [2.24, 2.45) is 7.05 Å². The fourth-order valence-corrected chi connectivity index (χ4v) is 4.57. The van der Waals surface area contributed by atoms with E-state index in [4.69, 9.17) is 5.10 Å². The van der Waals surface area contributed by atoms with Crippen molar-refractivity contribution in [1.82, 2.24) is 24.6 Å². The van der Waals surface area contributed by atoms with Crippen molar-refractivity contribution in [2.75, 3.05) is 13.1 Å². The molecule has 3 aromatic heterocycles. The zero-order valence-corrected chi connectivity index (χ0v) is 15.5. The Labute approximate surface area is 150 Å². The van der Waals surface area contributed by atoms with Crippen molar-refractivity contribution in [3.63, 3.8) is 0 Å². The summed E-state index contributed by atoms with van der Waals surface area (Å²) in [6.07, 6.45) is 3.83. The van der Waals surface area contributed by atoms with Gasteiger partial charge in [0.05, 0.1) is 16.4 Å². The summed E-state index contributed by atoms with van der Waals surface area (Å²) in [7, 11) is 1.92. The maximum Gasteiger partial charge on any atom is 0.265 e. The smallest absolute Gasteiger partial charge is 0.265 e. The number of carbonyl (C=O) groups is 1. The summed E-state index contributed by atoms with van der Waals surface area (Å²) < 4.78 is 1.84. The molecule has 6 nitrogen and oxygen atoms in total. The number of hydrogen-bond acceptors (Lipinski definition) is 5. The Morgan fingerprint density at radius 1 is 1.36 bits per heavy atom. The van der Waals surface area contributed by atoms with E-state index in [1.54, 1.807) is 6.20 Å². The van der Waals surface area contributed by atoms with Crippen molar-refractivity contribution >= 4 is 28.3 Å². The van der Waals surface area contributed by atoms with Gasteiger partial charge in [-0.25, -0.2) is 9.97 Å². The topological polar surface area (TPSA) is 63.9 Å². The number of piperidine rings is 1. The molecular formula is C18H21N5OS. The zero-order valence-electron chi connectivity index (χ0n) is 14.7. The Morgan fingerprint density at radius 3 is 2.96 bits per heavy atom. The maximum absolute atomic E-state index is 12.9. The molecule has 4 heterocycles. The molecule has 0 aliphatic carbocycles. The number of carbonyl (C=O) groups excluding carboxylic acids is 1. The second-order valence-corrected chi connectivity index (χ2v) is 7.82. The average Bonchev–Trinajstić information content (AvgIpc) is 3.14. The fraction of sp³-hybridized carbons (Fsp3) is 0.444. The SMILES string of the molecule is Cc1nc(C)c(C(=O)N2CCC[C@@H](c3nn(C)c4ncccc34)C2)s1. The molecule has 25 heavy (non-hydrogen) atoms. The van der Waals surface area contributed by atoms with Crippen LogP contribution in [0.15, 0.2) is 18.3 Å². The van der Waals surface area contributed by atoms with Gasteiger partial charge < -0.3 is 4.90 Å². The molecule has 0 saturated carbocycles. The van der Waals surface area contributed by atoms with Gasteiger partial charge in [-0.1, -0.05) is 0 Å². The first-order valence-electron chi connectivity index (χ1n) is 8.55. The Balaban J connectivity index is 1.62. The van der Waals surface area contributed by atoms with Gasteiger partial charge in [0, 0.05) is 37.6 Å². The standard InChI is InChI=1S/C18H21N5OS/c1-11-16(25-12(2)20-11)18(24)23-9-5-6-13(10-23)15-14-7-4-8-19-17(14)22(3)21-15/h4,7-8,13H,5-6,9-10H2,1-3H3/t13-/m1/s1. The Bertz CT molecular complexity index is 944. The van der Waals surface area contributed by atoms with Crippen LogP contribution in [-0.2, 0) is 7.05 Å². The first kappa shape index (κ1) is 16.2. The lowest BCUT2D eigenvalue weighted by molar-refractivity contribution is 0.0710. The van der Waals surface area contributed by atoms with Gasteiger partial charge in [-0.2, -0.15) is 5.10 Å². The van der Waals surface area contributed by atoms with Gasteiger partial charge in [-0.15, -0.1) is 11.3 Å². The van der Waals surface area contributed by atoms with Crippen molar-refractivity contribution in [2.45, 2.75) is 32.6 Å². The molecule has 1 atom stereocenters. The highest BCUT2D eigenvalue weighted by atomic mass is 32.1. The zero-order chi connectivity index (χ0) is 17.6. The van der Waals surface area contributed by atoms with Gasteiger partial charge in [0.1, 0.15) is 4.88 Å². The number of amides is 1. The lowest BCUT2D eigenvalue weighted by Crippen LogP contribution is -2.39. The van der Waals surface area contributed by atoms with Gasteiger partial charge >= 0.3 is 0 Å². The van der Waals surface area contributed by atoms with Crippen molar-refractivity contribution in [3.8, 4) is 0 Å². The molecule has 0 spiro atoms. The lowest BCUT2D eigenvalue weighted by atomic mass is 9.93. The Hall–Kier alpha value is -2.28. The summed E-state index contributed by atoms with van der Waals surface area (Å²) in [5.41, 5.74) is 2.79. The number of aromatic nitrogens is 4. The first-order chi connectivity index (χ1) is 12.0. The van der Waals surface area contributed by atoms with Crippen LogP contribution in [-0.4, -0.2) is 43.6 Å². The van der Waals surface area contributed by atoms with Gasteiger partial charge in [0.25, 0.3) is 5.91 Å². The third-order valence-corrected chi connectivity index (χ3v) is 5.88. The number of pyridine rings is 1. The van der Waals surface area contributed by atoms with E-state index in [0.717, 1.165) is 51.7 Å². The number of likely N-dealkylation sites (tertiary alicyclic amines) is 1. The fourth-order valence-electron chi connectivity index (χ4n) is 3.68. The molecule has 7 heteroatoms. The molecule has 1 amide bonds. The molecule has 130 valence electrons. The van der Waals surface area contributed by atoms with E-state index in [0.29, 0.717) is 6.54 Å². The summed E-state index contributed by atoms with van der Waals surface area (Å²) in [6.45, 7) is 5.36. The number of aryl methyl sites for hydroxylation is 3. The highest BCUT2D eigenvalue weighted by Crippen LogP contribution is 2.32. The van der Waals surface area contributed by atoms with Gasteiger partial charge in [-0.3, -0.25) is 9.48 Å². The van der Waals surface area contributed by atoms with Crippen molar-refractivity contribution in [3.05, 3.63) is 39.6 Å². The number of fused-ring (bicyclic) bond motifs is 1. The molecule has 0 aromatic carbocycles. The maximum atomic E-state index is 12.9. The minimum Gasteiger partial charge on any atom is -0.337 e. The molecule has 1 aliphatic rings. The quantitative estimate of drug-likeness (QED) is 0.709. The van der Waals surface area contributed by atoms with Crippen LogP contribution in [0.2, 0.25) is 0 Å². The lowest BCUT2D eigenvalue weighted by Gasteiger charge is -2.32. The minimum absolute atomic E-state index is 0.103. The van der Waals surface area contributed by atoms with E-state index in [-0.39, 0.29) is 11.8 Å². The predicted octanol–water partition coefficient (Wildman–Crippen LogP) is 3.06. The number of nitrogens with zero attached hydrogens (tertiary/aromatic N) is 5. The molecule has 1 fully saturated rings. The molecule has 3 aromatic rings. The van der Waals surface area contributed by atoms with Crippen LogP contribution in [0.25, 0.3) is 11.0 Å². The molecule has 1 saturated heterocycles. The molecule has 0 unspecified atom stereocenters. The molecule has 0 bridgehead atoms. The summed E-state index contributed by atoms with van der Waals surface area (Å²) in [5, 5.41) is 6.74. The monoisotopic (exact) mass is 355 g/mol. The molecular weight excluding hydrogens is 334 g/mol. The number of hydrogen-bond donors (Lipinski definition) is 0.